The summed E-state index contributed by atoms with van der Waals surface area (Å²) in [6.45, 7) is 0.646. The maximum atomic E-state index is 12.3. The third-order valence-electron chi connectivity index (χ3n) is 4.78. The molecule has 0 N–H and O–H groups in total. The molecule has 1 aliphatic rings. The molecule has 1 aliphatic heterocycles. The number of likely N-dealkylation sites (tertiary alicyclic amines) is 1. The minimum absolute atomic E-state index is 0.209. The molecule has 0 radical (unpaired) electrons. The average Bonchev–Trinajstić information content (AvgIpc) is 3.03. The highest BCUT2D eigenvalue weighted by molar-refractivity contribution is 5.83. The standard InChI is InChI=1S/C24H21NO/c26-24-16-15-23(25(24)18-20-7-3-1-4-8-20)17-19-11-13-22(14-12-19)21-9-5-2-6-10-21/h1-14,17H,15-16,18H2/b23-17-. The molecule has 0 spiro atoms. The van der Waals surface area contributed by atoms with E-state index in [0.29, 0.717) is 13.0 Å². The van der Waals surface area contributed by atoms with Crippen LogP contribution in [0.25, 0.3) is 17.2 Å². The first kappa shape index (κ1) is 16.3. The number of hydrogen-bond acceptors (Lipinski definition) is 1. The van der Waals surface area contributed by atoms with Crippen LogP contribution >= 0.6 is 0 Å². The number of carbonyl (C=O) groups excluding carboxylic acids is 1. The molecule has 0 aromatic heterocycles. The number of allylic oxidation sites excluding steroid dienone is 1. The van der Waals surface area contributed by atoms with Crippen LogP contribution in [-0.2, 0) is 11.3 Å². The molecule has 0 bridgehead atoms. The average molecular weight is 339 g/mol. The van der Waals surface area contributed by atoms with Gasteiger partial charge in [0.1, 0.15) is 0 Å². The largest absolute Gasteiger partial charge is 0.312 e. The first-order valence-electron chi connectivity index (χ1n) is 9.00. The minimum atomic E-state index is 0.209. The Kier molecular flexibility index (Phi) is 4.65. The molecule has 1 saturated heterocycles. The Morgan fingerprint density at radius 2 is 1.35 bits per heavy atom. The molecule has 1 fully saturated rings. The molecule has 2 heteroatoms. The van der Waals surface area contributed by atoms with Crippen LogP contribution in [0.2, 0.25) is 0 Å². The Morgan fingerprint density at radius 1 is 0.731 bits per heavy atom. The van der Waals surface area contributed by atoms with Crippen molar-refractivity contribution in [1.82, 2.24) is 4.90 Å². The number of nitrogens with zero attached hydrogens (tertiary/aromatic N) is 1. The monoisotopic (exact) mass is 339 g/mol. The van der Waals surface area contributed by atoms with E-state index < -0.39 is 0 Å². The van der Waals surface area contributed by atoms with Gasteiger partial charge in [-0.15, -0.1) is 0 Å². The Bertz CT molecular complexity index is 911. The van der Waals surface area contributed by atoms with Crippen LogP contribution in [0.5, 0.6) is 0 Å². The van der Waals surface area contributed by atoms with Gasteiger partial charge < -0.3 is 4.90 Å². The second-order valence-electron chi connectivity index (χ2n) is 6.59. The molecule has 0 unspecified atom stereocenters. The molecule has 0 saturated carbocycles. The smallest absolute Gasteiger partial charge is 0.227 e. The zero-order valence-electron chi connectivity index (χ0n) is 14.6. The van der Waals surface area contributed by atoms with Gasteiger partial charge in [0.25, 0.3) is 0 Å². The minimum Gasteiger partial charge on any atom is -0.312 e. The predicted molar refractivity (Wildman–Crippen MR) is 106 cm³/mol. The van der Waals surface area contributed by atoms with Crippen LogP contribution in [0.15, 0.2) is 90.6 Å². The molecule has 3 aromatic carbocycles. The highest BCUT2D eigenvalue weighted by Crippen LogP contribution is 2.27. The van der Waals surface area contributed by atoms with Gasteiger partial charge in [-0.2, -0.15) is 0 Å². The summed E-state index contributed by atoms with van der Waals surface area (Å²) in [4.78, 5) is 14.2. The predicted octanol–water partition coefficient (Wildman–Crippen LogP) is 5.52. The molecular weight excluding hydrogens is 318 g/mol. The summed E-state index contributed by atoms with van der Waals surface area (Å²) in [6.07, 6.45) is 3.55. The number of hydrogen-bond donors (Lipinski definition) is 0. The fraction of sp³-hybridized carbons (Fsp3) is 0.125. The van der Waals surface area contributed by atoms with E-state index >= 15 is 0 Å². The molecule has 1 heterocycles. The van der Waals surface area contributed by atoms with Crippen molar-refractivity contribution in [2.45, 2.75) is 19.4 Å². The molecular formula is C24H21NO. The third-order valence-corrected chi connectivity index (χ3v) is 4.78. The summed E-state index contributed by atoms with van der Waals surface area (Å²) in [7, 11) is 0. The van der Waals surface area contributed by atoms with Crippen LogP contribution in [-0.4, -0.2) is 10.8 Å². The summed E-state index contributed by atoms with van der Waals surface area (Å²) < 4.78 is 0. The molecule has 2 nitrogen and oxygen atoms in total. The van der Waals surface area contributed by atoms with Gasteiger partial charge in [-0.1, -0.05) is 84.9 Å². The fourth-order valence-electron chi connectivity index (χ4n) is 3.37. The normalized spacial score (nSPS) is 15.6. The van der Waals surface area contributed by atoms with E-state index in [0.717, 1.165) is 23.2 Å². The summed E-state index contributed by atoms with van der Waals surface area (Å²) in [6, 6.07) is 29.1. The van der Waals surface area contributed by atoms with Gasteiger partial charge in [-0.25, -0.2) is 0 Å². The Labute approximate surface area is 154 Å². The van der Waals surface area contributed by atoms with E-state index in [1.807, 2.05) is 29.2 Å². The second-order valence-corrected chi connectivity index (χ2v) is 6.59. The SMILES string of the molecule is O=C1CC/C(=C/c2ccc(-c3ccccc3)cc2)N1Cc1ccccc1. The van der Waals surface area contributed by atoms with Crippen molar-refractivity contribution in [3.63, 3.8) is 0 Å². The first-order chi connectivity index (χ1) is 12.8. The molecule has 128 valence electrons. The Hall–Kier alpha value is -3.13. The lowest BCUT2D eigenvalue weighted by Crippen LogP contribution is -2.22. The summed E-state index contributed by atoms with van der Waals surface area (Å²) >= 11 is 0. The van der Waals surface area contributed by atoms with E-state index in [1.54, 1.807) is 0 Å². The lowest BCUT2D eigenvalue weighted by atomic mass is 10.0. The molecule has 0 aliphatic carbocycles. The zero-order chi connectivity index (χ0) is 17.8. The van der Waals surface area contributed by atoms with Gasteiger partial charge in [0.05, 0.1) is 6.54 Å². The van der Waals surface area contributed by atoms with Crippen molar-refractivity contribution < 1.29 is 4.79 Å². The van der Waals surface area contributed by atoms with E-state index in [2.05, 4.69) is 66.7 Å². The van der Waals surface area contributed by atoms with Crippen LogP contribution in [0, 0.1) is 0 Å². The highest BCUT2D eigenvalue weighted by Gasteiger charge is 2.25. The Morgan fingerprint density at radius 3 is 2.04 bits per heavy atom. The van der Waals surface area contributed by atoms with Gasteiger partial charge in [-0.3, -0.25) is 4.79 Å². The van der Waals surface area contributed by atoms with Gasteiger partial charge in [0.15, 0.2) is 0 Å². The van der Waals surface area contributed by atoms with Crippen LogP contribution in [0.4, 0.5) is 0 Å². The zero-order valence-corrected chi connectivity index (χ0v) is 14.6. The molecule has 1 amide bonds. The van der Waals surface area contributed by atoms with Crippen molar-refractivity contribution in [1.29, 1.82) is 0 Å². The van der Waals surface area contributed by atoms with Crippen LogP contribution in [0.3, 0.4) is 0 Å². The van der Waals surface area contributed by atoms with Crippen molar-refractivity contribution >= 4 is 12.0 Å². The van der Waals surface area contributed by atoms with E-state index in [1.165, 1.54) is 11.1 Å². The number of benzene rings is 3. The Balaban J connectivity index is 1.55. The van der Waals surface area contributed by atoms with Crippen molar-refractivity contribution in [3.05, 3.63) is 102 Å². The number of carbonyl (C=O) groups is 1. The third kappa shape index (κ3) is 3.60. The lowest BCUT2D eigenvalue weighted by molar-refractivity contribution is -0.127. The number of amides is 1. The lowest BCUT2D eigenvalue weighted by Gasteiger charge is -2.18. The maximum absolute atomic E-state index is 12.3. The highest BCUT2D eigenvalue weighted by atomic mass is 16.2. The quantitative estimate of drug-likeness (QED) is 0.613. The van der Waals surface area contributed by atoms with Crippen molar-refractivity contribution in [2.24, 2.45) is 0 Å². The second kappa shape index (κ2) is 7.40. The molecule has 0 atom stereocenters. The van der Waals surface area contributed by atoms with Gasteiger partial charge in [0.2, 0.25) is 5.91 Å². The van der Waals surface area contributed by atoms with Gasteiger partial charge >= 0.3 is 0 Å². The first-order valence-corrected chi connectivity index (χ1v) is 9.00. The molecule has 4 rings (SSSR count). The van der Waals surface area contributed by atoms with E-state index in [9.17, 15) is 4.79 Å². The summed E-state index contributed by atoms with van der Waals surface area (Å²) in [5.41, 5.74) is 5.82. The van der Waals surface area contributed by atoms with E-state index in [-0.39, 0.29) is 5.91 Å². The van der Waals surface area contributed by atoms with E-state index in [4.69, 9.17) is 0 Å². The summed E-state index contributed by atoms with van der Waals surface area (Å²) in [5.74, 6) is 0.209. The fourth-order valence-corrected chi connectivity index (χ4v) is 3.37. The topological polar surface area (TPSA) is 20.3 Å². The molecule has 26 heavy (non-hydrogen) atoms. The van der Waals surface area contributed by atoms with Gasteiger partial charge in [-0.05, 0) is 34.8 Å². The summed E-state index contributed by atoms with van der Waals surface area (Å²) in [5, 5.41) is 0. The maximum Gasteiger partial charge on any atom is 0.227 e. The van der Waals surface area contributed by atoms with Crippen molar-refractivity contribution in [2.75, 3.05) is 0 Å². The number of rotatable bonds is 4. The van der Waals surface area contributed by atoms with Crippen LogP contribution < -0.4 is 0 Å². The molecule has 3 aromatic rings. The van der Waals surface area contributed by atoms with Crippen LogP contribution in [0.1, 0.15) is 24.0 Å². The van der Waals surface area contributed by atoms with Crippen molar-refractivity contribution in [3.8, 4) is 11.1 Å². The van der Waals surface area contributed by atoms with Gasteiger partial charge in [0, 0.05) is 12.1 Å².